The molecule has 2 aromatic rings. The lowest BCUT2D eigenvalue weighted by molar-refractivity contribution is -0.135. The molecule has 1 heterocycles. The third-order valence-electron chi connectivity index (χ3n) is 3.64. The van der Waals surface area contributed by atoms with Crippen molar-refractivity contribution in [3.05, 3.63) is 30.0 Å². The van der Waals surface area contributed by atoms with Crippen LogP contribution in [0.5, 0.6) is 5.75 Å². The summed E-state index contributed by atoms with van der Waals surface area (Å²) in [6.07, 6.45) is 2.96. The molecule has 0 bridgehead atoms. The van der Waals surface area contributed by atoms with E-state index in [4.69, 9.17) is 10.5 Å². The smallest absolute Gasteiger partial charge is 0.311 e. The molecule has 0 aliphatic rings. The number of nitrogens with zero attached hydrogens (tertiary/aromatic N) is 1. The Kier molecular flexibility index (Phi) is 5.90. The summed E-state index contributed by atoms with van der Waals surface area (Å²) in [6, 6.07) is 5.56. The molecule has 0 saturated heterocycles. The molecule has 0 unspecified atom stereocenters. The number of likely N-dealkylation sites (N-methyl/N-ethyl adjacent to an activating group) is 1. The fraction of sp³-hybridized carbons (Fsp3) is 0.412. The van der Waals surface area contributed by atoms with Crippen molar-refractivity contribution in [2.75, 3.05) is 27.2 Å². The van der Waals surface area contributed by atoms with Crippen molar-refractivity contribution < 1.29 is 14.3 Å². The molecule has 0 spiro atoms. The quantitative estimate of drug-likeness (QED) is 0.569. The molecule has 23 heavy (non-hydrogen) atoms. The van der Waals surface area contributed by atoms with Crippen LogP contribution in [0.4, 0.5) is 0 Å². The molecule has 1 aromatic heterocycles. The van der Waals surface area contributed by atoms with Crippen LogP contribution in [0.3, 0.4) is 0 Å². The highest BCUT2D eigenvalue weighted by Gasteiger charge is 2.14. The van der Waals surface area contributed by atoms with E-state index >= 15 is 0 Å². The van der Waals surface area contributed by atoms with E-state index < -0.39 is 5.97 Å². The van der Waals surface area contributed by atoms with Gasteiger partial charge in [-0.05, 0) is 38.2 Å². The molecule has 6 heteroatoms. The number of Topliss-reactive ketones (excluding diaryl/α,β-unsaturated/α-hetero) is 1. The van der Waals surface area contributed by atoms with Gasteiger partial charge in [0, 0.05) is 30.1 Å². The fourth-order valence-electron chi connectivity index (χ4n) is 2.36. The minimum Gasteiger partial charge on any atom is -0.426 e. The lowest BCUT2D eigenvalue weighted by atomic mass is 10.1. The SMILES string of the molecule is CN(C)CCc1c[nH]c2cccc(OC(=O)CCC(=O)CN)c12. The van der Waals surface area contributed by atoms with E-state index in [2.05, 4.69) is 9.88 Å². The Morgan fingerprint density at radius 2 is 2.04 bits per heavy atom. The van der Waals surface area contributed by atoms with Crippen LogP contribution in [0.2, 0.25) is 0 Å². The Balaban J connectivity index is 2.14. The molecule has 6 nitrogen and oxygen atoms in total. The van der Waals surface area contributed by atoms with Crippen molar-refractivity contribution in [3.8, 4) is 5.75 Å². The van der Waals surface area contributed by atoms with Gasteiger partial charge in [-0.15, -0.1) is 0 Å². The third kappa shape index (κ3) is 4.64. The van der Waals surface area contributed by atoms with Gasteiger partial charge < -0.3 is 20.4 Å². The van der Waals surface area contributed by atoms with E-state index in [0.29, 0.717) is 5.75 Å². The lowest BCUT2D eigenvalue weighted by Crippen LogP contribution is -2.17. The topological polar surface area (TPSA) is 88.4 Å². The van der Waals surface area contributed by atoms with Crippen molar-refractivity contribution in [2.45, 2.75) is 19.3 Å². The van der Waals surface area contributed by atoms with Crippen LogP contribution in [0.25, 0.3) is 10.9 Å². The number of benzene rings is 1. The minimum absolute atomic E-state index is 0.0455. The number of nitrogens with one attached hydrogen (secondary N) is 1. The fourth-order valence-corrected chi connectivity index (χ4v) is 2.36. The lowest BCUT2D eigenvalue weighted by Gasteiger charge is -2.10. The number of esters is 1. The Bertz CT molecular complexity index is 691. The van der Waals surface area contributed by atoms with Crippen LogP contribution in [0.15, 0.2) is 24.4 Å². The molecule has 0 amide bonds. The molecule has 0 atom stereocenters. The largest absolute Gasteiger partial charge is 0.426 e. The van der Waals surface area contributed by atoms with Crippen molar-refractivity contribution in [1.29, 1.82) is 0 Å². The van der Waals surface area contributed by atoms with E-state index in [1.807, 2.05) is 32.4 Å². The number of aromatic nitrogens is 1. The zero-order chi connectivity index (χ0) is 16.8. The number of nitrogens with two attached hydrogens (primary N) is 1. The van der Waals surface area contributed by atoms with Crippen LogP contribution < -0.4 is 10.5 Å². The first-order chi connectivity index (χ1) is 11.0. The first kappa shape index (κ1) is 17.2. The highest BCUT2D eigenvalue weighted by atomic mass is 16.5. The molecular formula is C17H23N3O3. The number of rotatable bonds is 8. The molecule has 3 N–H and O–H groups in total. The zero-order valence-corrected chi connectivity index (χ0v) is 13.6. The molecular weight excluding hydrogens is 294 g/mol. The second kappa shape index (κ2) is 7.89. The number of hydrogen-bond acceptors (Lipinski definition) is 5. The third-order valence-corrected chi connectivity index (χ3v) is 3.64. The Labute approximate surface area is 135 Å². The Morgan fingerprint density at radius 3 is 2.74 bits per heavy atom. The summed E-state index contributed by atoms with van der Waals surface area (Å²) < 4.78 is 5.46. The van der Waals surface area contributed by atoms with Gasteiger partial charge in [0.2, 0.25) is 0 Å². The Morgan fingerprint density at radius 1 is 1.26 bits per heavy atom. The number of carbonyl (C=O) groups is 2. The highest BCUT2D eigenvalue weighted by molar-refractivity contribution is 5.92. The summed E-state index contributed by atoms with van der Waals surface area (Å²) in [5.41, 5.74) is 7.28. The zero-order valence-electron chi connectivity index (χ0n) is 13.6. The van der Waals surface area contributed by atoms with E-state index in [0.717, 1.165) is 29.4 Å². The van der Waals surface area contributed by atoms with Crippen molar-refractivity contribution in [1.82, 2.24) is 9.88 Å². The molecule has 2 rings (SSSR count). The summed E-state index contributed by atoms with van der Waals surface area (Å²) in [5.74, 6) is -0.0322. The number of fused-ring (bicyclic) bond motifs is 1. The monoisotopic (exact) mass is 317 g/mol. The van der Waals surface area contributed by atoms with Crippen molar-refractivity contribution in [2.24, 2.45) is 5.73 Å². The maximum atomic E-state index is 11.9. The van der Waals surface area contributed by atoms with Gasteiger partial charge in [0.1, 0.15) is 11.5 Å². The number of H-pyrrole nitrogens is 1. The maximum Gasteiger partial charge on any atom is 0.311 e. The van der Waals surface area contributed by atoms with E-state index in [9.17, 15) is 9.59 Å². The number of ether oxygens (including phenoxy) is 1. The molecule has 1 aromatic carbocycles. The van der Waals surface area contributed by atoms with Crippen molar-refractivity contribution in [3.63, 3.8) is 0 Å². The first-order valence-electron chi connectivity index (χ1n) is 7.67. The second-order valence-electron chi connectivity index (χ2n) is 5.76. The standard InChI is InChI=1S/C17H23N3O3/c1-20(2)9-8-12-11-19-14-4-3-5-15(17(12)14)23-16(22)7-6-13(21)10-18/h3-5,11,19H,6-10,18H2,1-2H3. The predicted molar refractivity (Wildman–Crippen MR) is 89.5 cm³/mol. The van der Waals surface area contributed by atoms with Crippen LogP contribution in [-0.2, 0) is 16.0 Å². The highest BCUT2D eigenvalue weighted by Crippen LogP contribution is 2.29. The Hall–Kier alpha value is -2.18. The molecule has 0 fully saturated rings. The van der Waals surface area contributed by atoms with Gasteiger partial charge in [-0.2, -0.15) is 0 Å². The molecule has 0 radical (unpaired) electrons. The van der Waals surface area contributed by atoms with Crippen LogP contribution in [0.1, 0.15) is 18.4 Å². The normalized spacial score (nSPS) is 11.1. The second-order valence-corrected chi connectivity index (χ2v) is 5.76. The number of carbonyl (C=O) groups excluding carboxylic acids is 2. The van der Waals surface area contributed by atoms with E-state index in [1.54, 1.807) is 6.07 Å². The predicted octanol–water partition coefficient (Wildman–Crippen LogP) is 1.49. The number of aromatic amines is 1. The number of ketones is 1. The van der Waals surface area contributed by atoms with Crippen molar-refractivity contribution >= 4 is 22.7 Å². The summed E-state index contributed by atoms with van der Waals surface area (Å²) in [6.45, 7) is 0.857. The summed E-state index contributed by atoms with van der Waals surface area (Å²) in [4.78, 5) is 28.5. The van der Waals surface area contributed by atoms with Gasteiger partial charge in [0.05, 0.1) is 13.0 Å². The van der Waals surface area contributed by atoms with Gasteiger partial charge in [0.15, 0.2) is 0 Å². The minimum atomic E-state index is -0.418. The average Bonchev–Trinajstić information content (AvgIpc) is 2.94. The molecule has 124 valence electrons. The first-order valence-corrected chi connectivity index (χ1v) is 7.67. The van der Waals surface area contributed by atoms with Gasteiger partial charge in [-0.3, -0.25) is 9.59 Å². The summed E-state index contributed by atoms with van der Waals surface area (Å²) in [7, 11) is 4.04. The van der Waals surface area contributed by atoms with Gasteiger partial charge in [-0.25, -0.2) is 0 Å². The van der Waals surface area contributed by atoms with Gasteiger partial charge in [-0.1, -0.05) is 6.07 Å². The van der Waals surface area contributed by atoms with Crippen LogP contribution in [0, 0.1) is 0 Å². The van der Waals surface area contributed by atoms with Crippen LogP contribution in [-0.4, -0.2) is 48.8 Å². The van der Waals surface area contributed by atoms with Gasteiger partial charge >= 0.3 is 5.97 Å². The van der Waals surface area contributed by atoms with Crippen LogP contribution >= 0.6 is 0 Å². The summed E-state index contributed by atoms with van der Waals surface area (Å²) >= 11 is 0. The van der Waals surface area contributed by atoms with Gasteiger partial charge in [0.25, 0.3) is 0 Å². The van der Waals surface area contributed by atoms with E-state index in [1.165, 1.54) is 0 Å². The molecule has 0 saturated carbocycles. The molecule has 0 aliphatic carbocycles. The average molecular weight is 317 g/mol. The maximum absolute atomic E-state index is 11.9. The number of hydrogen-bond donors (Lipinski definition) is 2. The summed E-state index contributed by atoms with van der Waals surface area (Å²) in [5, 5.41) is 0.924. The van der Waals surface area contributed by atoms with E-state index in [-0.39, 0.29) is 25.2 Å². The molecule has 0 aliphatic heterocycles.